The van der Waals surface area contributed by atoms with E-state index < -0.39 is 0 Å². The first-order chi connectivity index (χ1) is 12.5. The summed E-state index contributed by atoms with van der Waals surface area (Å²) in [6, 6.07) is 5.40. The molecule has 3 amide bonds. The zero-order chi connectivity index (χ0) is 18.3. The second-order valence-electron chi connectivity index (χ2n) is 6.81. The number of oxazole rings is 1. The molecule has 0 unspecified atom stereocenters. The van der Waals surface area contributed by atoms with Gasteiger partial charge in [-0.2, -0.15) is 0 Å². The predicted octanol–water partition coefficient (Wildman–Crippen LogP) is 3.02. The lowest BCUT2D eigenvalue weighted by atomic mass is 9.95. The second-order valence-corrected chi connectivity index (χ2v) is 8.02. The van der Waals surface area contributed by atoms with E-state index in [4.69, 9.17) is 4.42 Å². The maximum Gasteiger partial charge on any atom is 0.321 e. The van der Waals surface area contributed by atoms with E-state index in [1.54, 1.807) is 27.6 Å². The lowest BCUT2D eigenvalue weighted by molar-refractivity contribution is -0.138. The van der Waals surface area contributed by atoms with Crippen LogP contribution in [-0.2, 0) is 4.79 Å². The Bertz CT molecular complexity index is 852. The Morgan fingerprint density at radius 2 is 2.23 bits per heavy atom. The molecule has 1 N–H and O–H groups in total. The summed E-state index contributed by atoms with van der Waals surface area (Å²) >= 11 is 1.54. The average Bonchev–Trinajstić information content (AvgIpc) is 2.82. The van der Waals surface area contributed by atoms with Gasteiger partial charge in [-0.1, -0.05) is 18.7 Å². The van der Waals surface area contributed by atoms with Crippen LogP contribution >= 0.6 is 11.8 Å². The van der Waals surface area contributed by atoms with E-state index in [9.17, 15) is 9.59 Å². The van der Waals surface area contributed by atoms with Gasteiger partial charge in [0.15, 0.2) is 5.58 Å². The minimum Gasteiger partial charge on any atom is -0.431 e. The van der Waals surface area contributed by atoms with Gasteiger partial charge >= 0.3 is 6.03 Å². The van der Waals surface area contributed by atoms with Gasteiger partial charge in [0.25, 0.3) is 5.22 Å². The third-order valence-electron chi connectivity index (χ3n) is 5.14. The van der Waals surface area contributed by atoms with Gasteiger partial charge in [0.05, 0.1) is 5.92 Å². The summed E-state index contributed by atoms with van der Waals surface area (Å²) in [5.74, 6) is 0.955. The van der Waals surface area contributed by atoms with Gasteiger partial charge in [-0.25, -0.2) is 9.78 Å². The van der Waals surface area contributed by atoms with Crippen LogP contribution < -0.4 is 5.32 Å². The monoisotopic (exact) mass is 374 g/mol. The highest BCUT2D eigenvalue weighted by molar-refractivity contribution is 7.99. The SMILES string of the molecule is CCSc1nc2ccc(NC(=O)N3C[C@H]4CC[C@@H](C3)N(C)C4=O)cc2o1. The van der Waals surface area contributed by atoms with Crippen LogP contribution in [-0.4, -0.2) is 58.7 Å². The number of anilines is 1. The number of benzene rings is 1. The number of carbonyl (C=O) groups excluding carboxylic acids is 2. The number of urea groups is 1. The number of thioether (sulfide) groups is 1. The van der Waals surface area contributed by atoms with Crippen LogP contribution in [0.5, 0.6) is 0 Å². The van der Waals surface area contributed by atoms with Gasteiger partial charge < -0.3 is 19.5 Å². The summed E-state index contributed by atoms with van der Waals surface area (Å²) in [5.41, 5.74) is 2.10. The summed E-state index contributed by atoms with van der Waals surface area (Å²) in [6.45, 7) is 3.10. The van der Waals surface area contributed by atoms with Gasteiger partial charge in [-0.15, -0.1) is 0 Å². The summed E-state index contributed by atoms with van der Waals surface area (Å²) in [6.07, 6.45) is 1.82. The second kappa shape index (κ2) is 6.83. The number of piperidine rings is 1. The van der Waals surface area contributed by atoms with Crippen molar-refractivity contribution in [2.24, 2.45) is 5.92 Å². The number of carbonyl (C=O) groups is 2. The number of nitrogens with zero attached hydrogens (tertiary/aromatic N) is 3. The number of hydrogen-bond acceptors (Lipinski definition) is 5. The molecule has 1 aromatic carbocycles. The minimum atomic E-state index is -0.174. The number of hydrogen-bond donors (Lipinski definition) is 1. The summed E-state index contributed by atoms with van der Waals surface area (Å²) in [4.78, 5) is 33.0. The summed E-state index contributed by atoms with van der Waals surface area (Å²) < 4.78 is 5.70. The Hall–Kier alpha value is -2.22. The van der Waals surface area contributed by atoms with Crippen molar-refractivity contribution in [1.29, 1.82) is 0 Å². The molecule has 0 aliphatic carbocycles. The first kappa shape index (κ1) is 17.2. The van der Waals surface area contributed by atoms with Crippen molar-refractivity contribution < 1.29 is 14.0 Å². The van der Waals surface area contributed by atoms with Gasteiger partial charge in [0.1, 0.15) is 5.52 Å². The molecule has 5 rings (SSSR count). The molecule has 2 bridgehead atoms. The Kier molecular flexibility index (Phi) is 4.52. The van der Waals surface area contributed by atoms with Gasteiger partial charge in [0.2, 0.25) is 5.91 Å². The van der Waals surface area contributed by atoms with Crippen molar-refractivity contribution >= 4 is 40.5 Å². The molecule has 7 nitrogen and oxygen atoms in total. The van der Waals surface area contributed by atoms with Crippen molar-refractivity contribution in [3.8, 4) is 0 Å². The molecular formula is C18H22N4O3S. The third-order valence-corrected chi connectivity index (χ3v) is 5.85. The standard InChI is InChI=1S/C18H22N4O3S/c1-3-26-18-20-14-7-5-12(8-15(14)25-18)19-17(24)22-9-11-4-6-13(10-22)21(2)16(11)23/h5,7-8,11,13H,3-4,6,9-10H2,1-2H3,(H,19,24)/t11-,13+/m1/s1. The molecule has 0 spiro atoms. The highest BCUT2D eigenvalue weighted by Gasteiger charge is 2.40. The lowest BCUT2D eigenvalue weighted by Crippen LogP contribution is -2.45. The Morgan fingerprint density at radius 3 is 3.04 bits per heavy atom. The first-order valence-corrected chi connectivity index (χ1v) is 9.89. The van der Waals surface area contributed by atoms with Crippen LogP contribution in [0.4, 0.5) is 10.5 Å². The zero-order valence-corrected chi connectivity index (χ0v) is 15.7. The molecule has 0 radical (unpaired) electrons. The van der Waals surface area contributed by atoms with Crippen molar-refractivity contribution in [3.63, 3.8) is 0 Å². The van der Waals surface area contributed by atoms with E-state index in [-0.39, 0.29) is 23.9 Å². The Balaban J connectivity index is 1.49. The van der Waals surface area contributed by atoms with Crippen molar-refractivity contribution in [3.05, 3.63) is 18.2 Å². The number of nitrogens with one attached hydrogen (secondary N) is 1. The molecule has 3 aliphatic heterocycles. The number of fused-ring (bicyclic) bond motifs is 5. The predicted molar refractivity (Wildman–Crippen MR) is 100 cm³/mol. The largest absolute Gasteiger partial charge is 0.431 e. The van der Waals surface area contributed by atoms with Crippen LogP contribution in [0, 0.1) is 5.92 Å². The minimum absolute atomic E-state index is 0.0881. The number of likely N-dealkylation sites (N-methyl/N-ethyl adjacent to an activating group) is 1. The third kappa shape index (κ3) is 3.13. The van der Waals surface area contributed by atoms with Crippen molar-refractivity contribution in [1.82, 2.24) is 14.8 Å². The van der Waals surface area contributed by atoms with Gasteiger partial charge in [-0.3, -0.25) is 4.79 Å². The van der Waals surface area contributed by atoms with Crippen LogP contribution in [0.25, 0.3) is 11.1 Å². The van der Waals surface area contributed by atoms with Crippen LogP contribution in [0.2, 0.25) is 0 Å². The topological polar surface area (TPSA) is 78.7 Å². The van der Waals surface area contributed by atoms with E-state index >= 15 is 0 Å². The fraction of sp³-hybridized carbons (Fsp3) is 0.500. The average molecular weight is 374 g/mol. The molecule has 1 aromatic heterocycles. The maximum absolute atomic E-state index is 12.7. The Labute approximate surface area is 156 Å². The normalized spacial score (nSPS) is 22.8. The summed E-state index contributed by atoms with van der Waals surface area (Å²) in [7, 11) is 1.84. The number of rotatable bonds is 3. The van der Waals surface area contributed by atoms with Crippen LogP contribution in [0.3, 0.4) is 0 Å². The molecule has 3 fully saturated rings. The van der Waals surface area contributed by atoms with E-state index in [0.717, 1.165) is 24.1 Å². The fourth-order valence-electron chi connectivity index (χ4n) is 3.69. The molecule has 4 heterocycles. The van der Waals surface area contributed by atoms with E-state index in [0.29, 0.717) is 29.6 Å². The summed E-state index contributed by atoms with van der Waals surface area (Å²) in [5, 5.41) is 3.57. The molecule has 3 aliphatic rings. The van der Waals surface area contributed by atoms with E-state index in [1.165, 1.54) is 0 Å². The smallest absolute Gasteiger partial charge is 0.321 e. The fourth-order valence-corrected chi connectivity index (χ4v) is 4.25. The number of amides is 3. The molecular weight excluding hydrogens is 352 g/mol. The van der Waals surface area contributed by atoms with Crippen molar-refractivity contribution in [2.75, 3.05) is 31.2 Å². The number of aromatic nitrogens is 1. The highest BCUT2D eigenvalue weighted by Crippen LogP contribution is 2.29. The first-order valence-electron chi connectivity index (χ1n) is 8.91. The Morgan fingerprint density at radius 1 is 1.38 bits per heavy atom. The molecule has 3 saturated heterocycles. The van der Waals surface area contributed by atoms with E-state index in [2.05, 4.69) is 10.3 Å². The zero-order valence-electron chi connectivity index (χ0n) is 14.9. The highest BCUT2D eigenvalue weighted by atomic mass is 32.2. The van der Waals surface area contributed by atoms with Crippen LogP contribution in [0.15, 0.2) is 27.8 Å². The van der Waals surface area contributed by atoms with Crippen LogP contribution in [0.1, 0.15) is 19.8 Å². The molecule has 2 atom stereocenters. The molecule has 8 heteroatoms. The van der Waals surface area contributed by atoms with Gasteiger partial charge in [0, 0.05) is 37.9 Å². The maximum atomic E-state index is 12.7. The van der Waals surface area contributed by atoms with Gasteiger partial charge in [-0.05, 0) is 30.7 Å². The van der Waals surface area contributed by atoms with E-state index in [1.807, 2.05) is 26.1 Å². The molecule has 26 heavy (non-hydrogen) atoms. The molecule has 0 saturated carbocycles. The molecule has 138 valence electrons. The van der Waals surface area contributed by atoms with Crippen molar-refractivity contribution in [2.45, 2.75) is 31.0 Å². The quantitative estimate of drug-likeness (QED) is 0.836. The molecule has 2 aromatic rings. The lowest BCUT2D eigenvalue weighted by Gasteiger charge is -2.32.